The number of hydrogen-bond donors (Lipinski definition) is 0. The Morgan fingerprint density at radius 3 is 2.77 bits per heavy atom. The highest BCUT2D eigenvalue weighted by Crippen LogP contribution is 2.33. The molecule has 0 amide bonds. The molecule has 1 atom stereocenters. The van der Waals surface area contributed by atoms with Crippen molar-refractivity contribution in [1.29, 1.82) is 0 Å². The van der Waals surface area contributed by atoms with E-state index in [9.17, 15) is 0 Å². The van der Waals surface area contributed by atoms with E-state index in [0.717, 1.165) is 0 Å². The van der Waals surface area contributed by atoms with Crippen LogP contribution < -0.4 is 0 Å². The van der Waals surface area contributed by atoms with Crippen LogP contribution in [0.5, 0.6) is 0 Å². The van der Waals surface area contributed by atoms with Crippen molar-refractivity contribution in [2.45, 2.75) is 17.7 Å². The van der Waals surface area contributed by atoms with Crippen LogP contribution in [0.15, 0.2) is 40.2 Å². The second kappa shape index (κ2) is 4.87. The standard InChI is InChI=1S/C11H13BrS/c1-4-8(2)9-6-5-7-10(13-3)11(9)12/h4-8H,1H2,2-3H3. The predicted molar refractivity (Wildman–Crippen MR) is 64.5 cm³/mol. The Kier molecular flexibility index (Phi) is 4.07. The minimum atomic E-state index is 0.404. The van der Waals surface area contributed by atoms with Gasteiger partial charge in [0.1, 0.15) is 0 Å². The second-order valence-electron chi connectivity index (χ2n) is 2.89. The highest BCUT2D eigenvalue weighted by atomic mass is 79.9. The zero-order valence-electron chi connectivity index (χ0n) is 7.88. The second-order valence-corrected chi connectivity index (χ2v) is 4.53. The Labute approximate surface area is 92.6 Å². The molecule has 0 nitrogen and oxygen atoms in total. The molecule has 2 heteroatoms. The smallest absolute Gasteiger partial charge is 0.0349 e. The molecule has 1 aromatic carbocycles. The van der Waals surface area contributed by atoms with Gasteiger partial charge in [0.25, 0.3) is 0 Å². The van der Waals surface area contributed by atoms with E-state index >= 15 is 0 Å². The maximum atomic E-state index is 3.81. The number of halogens is 1. The van der Waals surface area contributed by atoms with Gasteiger partial charge in [-0.05, 0) is 39.7 Å². The molecule has 0 heterocycles. The van der Waals surface area contributed by atoms with Crippen molar-refractivity contribution in [3.63, 3.8) is 0 Å². The third-order valence-corrected chi connectivity index (χ3v) is 3.98. The monoisotopic (exact) mass is 256 g/mol. The van der Waals surface area contributed by atoms with E-state index in [1.165, 1.54) is 14.9 Å². The van der Waals surface area contributed by atoms with Gasteiger partial charge in [0.15, 0.2) is 0 Å². The Morgan fingerprint density at radius 2 is 2.23 bits per heavy atom. The quantitative estimate of drug-likeness (QED) is 0.569. The lowest BCUT2D eigenvalue weighted by molar-refractivity contribution is 0.953. The van der Waals surface area contributed by atoms with Crippen LogP contribution in [0.3, 0.4) is 0 Å². The molecule has 0 aliphatic heterocycles. The summed E-state index contributed by atoms with van der Waals surface area (Å²) in [5.74, 6) is 0.404. The molecule has 0 aliphatic carbocycles. The van der Waals surface area contributed by atoms with Crippen molar-refractivity contribution in [3.8, 4) is 0 Å². The fraction of sp³-hybridized carbons (Fsp3) is 0.273. The number of thioether (sulfide) groups is 1. The third kappa shape index (κ3) is 2.38. The fourth-order valence-corrected chi connectivity index (χ4v) is 2.79. The van der Waals surface area contributed by atoms with Gasteiger partial charge in [0, 0.05) is 9.37 Å². The van der Waals surface area contributed by atoms with Gasteiger partial charge >= 0.3 is 0 Å². The van der Waals surface area contributed by atoms with Crippen molar-refractivity contribution >= 4 is 27.7 Å². The summed E-state index contributed by atoms with van der Waals surface area (Å²) in [6.45, 7) is 5.96. The van der Waals surface area contributed by atoms with Crippen molar-refractivity contribution in [3.05, 3.63) is 40.9 Å². The molecule has 0 aromatic heterocycles. The first kappa shape index (κ1) is 10.9. The number of rotatable bonds is 3. The van der Waals surface area contributed by atoms with Crippen LogP contribution in [0.4, 0.5) is 0 Å². The summed E-state index contributed by atoms with van der Waals surface area (Å²) >= 11 is 5.37. The van der Waals surface area contributed by atoms with Gasteiger partial charge in [-0.25, -0.2) is 0 Å². The van der Waals surface area contributed by atoms with Crippen LogP contribution in [0.1, 0.15) is 18.4 Å². The topological polar surface area (TPSA) is 0 Å². The summed E-state index contributed by atoms with van der Waals surface area (Å²) in [6, 6.07) is 6.34. The first-order valence-electron chi connectivity index (χ1n) is 4.15. The SMILES string of the molecule is C=CC(C)c1cccc(SC)c1Br. The maximum Gasteiger partial charge on any atom is 0.0349 e. The molecule has 0 saturated carbocycles. The summed E-state index contributed by atoms with van der Waals surface area (Å²) in [6.07, 6.45) is 4.05. The molecule has 70 valence electrons. The molecule has 0 radical (unpaired) electrons. The van der Waals surface area contributed by atoms with Gasteiger partial charge in [-0.2, -0.15) is 0 Å². The van der Waals surface area contributed by atoms with Crippen LogP contribution in [-0.4, -0.2) is 6.26 Å². The van der Waals surface area contributed by atoms with Crippen molar-refractivity contribution < 1.29 is 0 Å². The molecule has 0 aliphatic rings. The van der Waals surface area contributed by atoms with Gasteiger partial charge in [0.05, 0.1) is 0 Å². The van der Waals surface area contributed by atoms with Gasteiger partial charge < -0.3 is 0 Å². The molecule has 1 unspecified atom stereocenters. The summed E-state index contributed by atoms with van der Waals surface area (Å²) in [7, 11) is 0. The Hall–Kier alpha value is -0.210. The zero-order chi connectivity index (χ0) is 9.84. The molecule has 0 bridgehead atoms. The molecular weight excluding hydrogens is 244 g/mol. The molecule has 0 saturated heterocycles. The Morgan fingerprint density at radius 1 is 1.54 bits per heavy atom. The van der Waals surface area contributed by atoms with Crippen LogP contribution >= 0.6 is 27.7 Å². The summed E-state index contributed by atoms with van der Waals surface area (Å²) < 4.78 is 1.20. The summed E-state index contributed by atoms with van der Waals surface area (Å²) in [5, 5.41) is 0. The van der Waals surface area contributed by atoms with E-state index in [4.69, 9.17) is 0 Å². The van der Waals surface area contributed by atoms with Crippen molar-refractivity contribution in [1.82, 2.24) is 0 Å². The lowest BCUT2D eigenvalue weighted by Crippen LogP contribution is -1.91. The average molecular weight is 257 g/mol. The average Bonchev–Trinajstić information content (AvgIpc) is 2.17. The minimum Gasteiger partial charge on any atom is -0.128 e. The molecular formula is C11H13BrS. The van der Waals surface area contributed by atoms with Crippen LogP contribution in [0.25, 0.3) is 0 Å². The Balaban J connectivity index is 3.14. The van der Waals surface area contributed by atoms with Gasteiger partial charge in [-0.15, -0.1) is 18.3 Å². The minimum absolute atomic E-state index is 0.404. The summed E-state index contributed by atoms with van der Waals surface area (Å²) in [5.41, 5.74) is 1.31. The maximum absolute atomic E-state index is 3.81. The molecule has 0 fully saturated rings. The molecule has 0 N–H and O–H groups in total. The first-order valence-corrected chi connectivity index (χ1v) is 6.17. The highest BCUT2D eigenvalue weighted by Gasteiger charge is 2.08. The number of hydrogen-bond acceptors (Lipinski definition) is 1. The van der Waals surface area contributed by atoms with E-state index in [1.807, 2.05) is 6.08 Å². The van der Waals surface area contributed by atoms with Gasteiger partial charge in [-0.3, -0.25) is 0 Å². The number of benzene rings is 1. The lowest BCUT2D eigenvalue weighted by Gasteiger charge is -2.11. The van der Waals surface area contributed by atoms with E-state index in [-0.39, 0.29) is 0 Å². The van der Waals surface area contributed by atoms with Crippen molar-refractivity contribution in [2.75, 3.05) is 6.26 Å². The predicted octanol–water partition coefficient (Wildman–Crippen LogP) is 4.46. The first-order chi connectivity index (χ1) is 6.20. The van der Waals surface area contributed by atoms with E-state index in [1.54, 1.807) is 11.8 Å². The van der Waals surface area contributed by atoms with E-state index in [2.05, 4.69) is 53.9 Å². The highest BCUT2D eigenvalue weighted by molar-refractivity contribution is 9.10. The fourth-order valence-electron chi connectivity index (χ4n) is 1.16. The molecule has 1 aromatic rings. The molecule has 0 spiro atoms. The van der Waals surface area contributed by atoms with E-state index in [0.29, 0.717) is 5.92 Å². The molecule has 13 heavy (non-hydrogen) atoms. The third-order valence-electron chi connectivity index (χ3n) is 2.06. The van der Waals surface area contributed by atoms with Crippen LogP contribution in [0.2, 0.25) is 0 Å². The normalized spacial score (nSPS) is 12.5. The van der Waals surface area contributed by atoms with E-state index < -0.39 is 0 Å². The number of allylic oxidation sites excluding steroid dienone is 1. The summed E-state index contributed by atoms with van der Waals surface area (Å²) in [4.78, 5) is 1.28. The zero-order valence-corrected chi connectivity index (χ0v) is 10.3. The lowest BCUT2D eigenvalue weighted by atomic mass is 10.0. The van der Waals surface area contributed by atoms with Crippen LogP contribution in [0, 0.1) is 0 Å². The van der Waals surface area contributed by atoms with Crippen molar-refractivity contribution in [2.24, 2.45) is 0 Å². The van der Waals surface area contributed by atoms with Gasteiger partial charge in [0.2, 0.25) is 0 Å². The Bertz CT molecular complexity index is 307. The van der Waals surface area contributed by atoms with Gasteiger partial charge in [-0.1, -0.05) is 25.1 Å². The largest absolute Gasteiger partial charge is 0.128 e. The molecule has 1 rings (SSSR count). The van der Waals surface area contributed by atoms with Crippen LogP contribution in [-0.2, 0) is 0 Å².